The molecule has 3 rings (SSSR count). The van der Waals surface area contributed by atoms with Gasteiger partial charge in [-0.2, -0.15) is 0 Å². The molecule has 1 aromatic carbocycles. The van der Waals surface area contributed by atoms with E-state index < -0.39 is 11.8 Å². The molecule has 2 amide bonds. The molecule has 8 nitrogen and oxygen atoms in total. The number of primary amides is 2. The molecule has 0 saturated heterocycles. The molecule has 31 heavy (non-hydrogen) atoms. The zero-order valence-electron chi connectivity index (χ0n) is 17.2. The van der Waals surface area contributed by atoms with Gasteiger partial charge >= 0.3 is 0 Å². The van der Waals surface area contributed by atoms with Crippen LogP contribution in [-0.2, 0) is 4.79 Å². The van der Waals surface area contributed by atoms with Crippen molar-refractivity contribution in [2.75, 3.05) is 11.9 Å². The standard InChI is InChI=1S/C23H26N6O2/c1-15(21(25)30)5-2-8-19(24)23(11-4-12-23)14-27-20-10-9-18(28-29-20)16-6-3-7-17(13-16)22(26)31/h2-3,5-10,13H,1,4,11-12,14,24H2,(H2,25,30)(H2,26,31)(H,27,29)/b5-2-,19-8-. The summed E-state index contributed by atoms with van der Waals surface area (Å²) >= 11 is 0. The zero-order chi connectivity index (χ0) is 22.4. The van der Waals surface area contributed by atoms with Crippen molar-refractivity contribution in [3.05, 3.63) is 78.0 Å². The Hall–Kier alpha value is -3.94. The number of amides is 2. The second-order valence-corrected chi connectivity index (χ2v) is 7.61. The van der Waals surface area contributed by atoms with Crippen LogP contribution in [0.1, 0.15) is 29.6 Å². The summed E-state index contributed by atoms with van der Waals surface area (Å²) in [6.45, 7) is 4.20. The van der Waals surface area contributed by atoms with E-state index in [1.807, 2.05) is 18.2 Å². The number of hydrogen-bond donors (Lipinski definition) is 4. The van der Waals surface area contributed by atoms with Crippen molar-refractivity contribution in [3.8, 4) is 11.3 Å². The summed E-state index contributed by atoms with van der Waals surface area (Å²) < 4.78 is 0. The van der Waals surface area contributed by atoms with E-state index in [0.29, 0.717) is 23.6 Å². The van der Waals surface area contributed by atoms with Gasteiger partial charge in [-0.05, 0) is 43.2 Å². The largest absolute Gasteiger partial charge is 0.402 e. The van der Waals surface area contributed by atoms with E-state index in [0.717, 1.165) is 30.5 Å². The van der Waals surface area contributed by atoms with E-state index in [4.69, 9.17) is 17.2 Å². The van der Waals surface area contributed by atoms with E-state index in [9.17, 15) is 9.59 Å². The number of nitrogens with zero attached hydrogens (tertiary/aromatic N) is 2. The van der Waals surface area contributed by atoms with Crippen LogP contribution in [0.2, 0.25) is 0 Å². The second-order valence-electron chi connectivity index (χ2n) is 7.61. The third-order valence-corrected chi connectivity index (χ3v) is 5.53. The Kier molecular flexibility index (Phi) is 6.49. The smallest absolute Gasteiger partial charge is 0.248 e. The molecule has 8 heteroatoms. The lowest BCUT2D eigenvalue weighted by atomic mass is 9.66. The Labute approximate surface area is 180 Å². The van der Waals surface area contributed by atoms with Crippen LogP contribution < -0.4 is 22.5 Å². The molecule has 0 bridgehead atoms. The highest BCUT2D eigenvalue weighted by Gasteiger charge is 2.39. The number of carbonyl (C=O) groups excluding carboxylic acids is 2. The van der Waals surface area contributed by atoms with Gasteiger partial charge < -0.3 is 22.5 Å². The Morgan fingerprint density at radius 1 is 1.13 bits per heavy atom. The van der Waals surface area contributed by atoms with E-state index in [1.165, 1.54) is 0 Å². The molecule has 0 atom stereocenters. The predicted molar refractivity (Wildman–Crippen MR) is 121 cm³/mol. The van der Waals surface area contributed by atoms with Gasteiger partial charge in [-0.1, -0.05) is 37.3 Å². The number of hydrogen-bond acceptors (Lipinski definition) is 6. The van der Waals surface area contributed by atoms with Crippen molar-refractivity contribution in [1.29, 1.82) is 0 Å². The number of allylic oxidation sites excluding steroid dienone is 2. The molecule has 0 aliphatic heterocycles. The third-order valence-electron chi connectivity index (χ3n) is 5.53. The molecule has 1 aromatic heterocycles. The highest BCUT2D eigenvalue weighted by molar-refractivity contribution is 5.94. The lowest BCUT2D eigenvalue weighted by Gasteiger charge is -2.42. The minimum Gasteiger partial charge on any atom is -0.402 e. The minimum absolute atomic E-state index is 0.172. The molecule has 160 valence electrons. The molecule has 2 aromatic rings. The average Bonchev–Trinajstić information content (AvgIpc) is 2.73. The van der Waals surface area contributed by atoms with Gasteiger partial charge in [-0.3, -0.25) is 9.59 Å². The van der Waals surface area contributed by atoms with Crippen molar-refractivity contribution < 1.29 is 9.59 Å². The molecular weight excluding hydrogens is 392 g/mol. The number of nitrogens with two attached hydrogens (primary N) is 3. The number of rotatable bonds is 9. The average molecular weight is 419 g/mol. The Morgan fingerprint density at radius 2 is 1.90 bits per heavy atom. The van der Waals surface area contributed by atoms with Gasteiger partial charge in [0.05, 0.1) is 5.69 Å². The minimum atomic E-state index is -0.563. The van der Waals surface area contributed by atoms with Crippen molar-refractivity contribution >= 4 is 17.6 Å². The summed E-state index contributed by atoms with van der Waals surface area (Å²) in [6, 6.07) is 10.6. The summed E-state index contributed by atoms with van der Waals surface area (Å²) in [6.07, 6.45) is 8.03. The quantitative estimate of drug-likeness (QED) is 0.362. The second kappa shape index (κ2) is 9.25. The lowest BCUT2D eigenvalue weighted by Crippen LogP contribution is -2.41. The number of carbonyl (C=O) groups is 2. The Morgan fingerprint density at radius 3 is 2.48 bits per heavy atom. The van der Waals surface area contributed by atoms with E-state index in [-0.39, 0.29) is 11.0 Å². The van der Waals surface area contributed by atoms with Crippen LogP contribution in [0.3, 0.4) is 0 Å². The molecular formula is C23H26N6O2. The van der Waals surface area contributed by atoms with Gasteiger partial charge in [0, 0.05) is 34.4 Å². The maximum atomic E-state index is 11.4. The normalized spacial score (nSPS) is 15.3. The van der Waals surface area contributed by atoms with Gasteiger partial charge in [-0.25, -0.2) is 0 Å². The maximum absolute atomic E-state index is 11.4. The fourth-order valence-electron chi connectivity index (χ4n) is 3.37. The summed E-state index contributed by atoms with van der Waals surface area (Å²) in [5, 5.41) is 11.8. The topological polar surface area (TPSA) is 150 Å². The summed E-state index contributed by atoms with van der Waals surface area (Å²) in [4.78, 5) is 22.4. The molecule has 7 N–H and O–H groups in total. The molecule has 1 aliphatic rings. The van der Waals surface area contributed by atoms with E-state index in [2.05, 4.69) is 22.1 Å². The molecule has 0 unspecified atom stereocenters. The van der Waals surface area contributed by atoms with Crippen LogP contribution >= 0.6 is 0 Å². The van der Waals surface area contributed by atoms with Gasteiger partial charge in [-0.15, -0.1) is 10.2 Å². The highest BCUT2D eigenvalue weighted by atomic mass is 16.1. The molecule has 1 fully saturated rings. The van der Waals surface area contributed by atoms with Crippen molar-refractivity contribution in [2.45, 2.75) is 19.3 Å². The first kappa shape index (κ1) is 21.8. The number of nitrogens with one attached hydrogen (secondary N) is 1. The summed E-state index contributed by atoms with van der Waals surface area (Å²) in [5.74, 6) is -0.420. The number of benzene rings is 1. The molecule has 1 aliphatic carbocycles. The molecule has 1 saturated carbocycles. The van der Waals surface area contributed by atoms with E-state index >= 15 is 0 Å². The number of aromatic nitrogens is 2. The van der Waals surface area contributed by atoms with Crippen LogP contribution in [0.15, 0.2) is 72.5 Å². The molecule has 1 heterocycles. The SMILES string of the molecule is C=C(/C=C\C=C(/N)C1(CNc2ccc(-c3cccc(C(N)=O)c3)nn2)CCC1)C(N)=O. The first-order chi connectivity index (χ1) is 14.8. The van der Waals surface area contributed by atoms with Crippen LogP contribution in [0.5, 0.6) is 0 Å². The van der Waals surface area contributed by atoms with Gasteiger partial charge in [0.1, 0.15) is 5.82 Å². The van der Waals surface area contributed by atoms with Crippen molar-refractivity contribution in [3.63, 3.8) is 0 Å². The fraction of sp³-hybridized carbons (Fsp3) is 0.217. The monoisotopic (exact) mass is 418 g/mol. The molecule has 0 spiro atoms. The van der Waals surface area contributed by atoms with Crippen LogP contribution in [0.25, 0.3) is 11.3 Å². The van der Waals surface area contributed by atoms with Crippen molar-refractivity contribution in [2.24, 2.45) is 22.6 Å². The Bertz CT molecular complexity index is 1050. The highest BCUT2D eigenvalue weighted by Crippen LogP contribution is 2.45. The summed E-state index contributed by atoms with van der Waals surface area (Å²) in [7, 11) is 0. The van der Waals surface area contributed by atoms with Crippen LogP contribution in [0, 0.1) is 5.41 Å². The molecule has 0 radical (unpaired) electrons. The van der Waals surface area contributed by atoms with Gasteiger partial charge in [0.2, 0.25) is 11.8 Å². The maximum Gasteiger partial charge on any atom is 0.248 e. The number of anilines is 1. The van der Waals surface area contributed by atoms with Gasteiger partial charge in [0.15, 0.2) is 0 Å². The summed E-state index contributed by atoms with van der Waals surface area (Å²) in [5.41, 5.74) is 19.5. The lowest BCUT2D eigenvalue weighted by molar-refractivity contribution is -0.114. The van der Waals surface area contributed by atoms with Crippen LogP contribution in [-0.4, -0.2) is 28.6 Å². The van der Waals surface area contributed by atoms with Crippen molar-refractivity contribution in [1.82, 2.24) is 10.2 Å². The first-order valence-electron chi connectivity index (χ1n) is 9.92. The third kappa shape index (κ3) is 5.16. The first-order valence-corrected chi connectivity index (χ1v) is 9.92. The fourth-order valence-corrected chi connectivity index (χ4v) is 3.37. The predicted octanol–water partition coefficient (Wildman–Crippen LogP) is 2.27. The van der Waals surface area contributed by atoms with Crippen LogP contribution in [0.4, 0.5) is 5.82 Å². The van der Waals surface area contributed by atoms with E-state index in [1.54, 1.807) is 36.4 Å². The van der Waals surface area contributed by atoms with Gasteiger partial charge in [0.25, 0.3) is 0 Å². The zero-order valence-corrected chi connectivity index (χ0v) is 17.2. The Balaban J connectivity index is 1.66.